The average molecular weight is 224 g/mol. The third-order valence-electron chi connectivity index (χ3n) is 1.92. The molecule has 86 valence electrons. The van der Waals surface area contributed by atoms with E-state index in [2.05, 4.69) is 0 Å². The van der Waals surface area contributed by atoms with Crippen molar-refractivity contribution in [2.45, 2.75) is 0 Å². The molecule has 1 aromatic rings. The van der Waals surface area contributed by atoms with Crippen LogP contribution in [-0.4, -0.2) is 30.4 Å². The van der Waals surface area contributed by atoms with Crippen molar-refractivity contribution in [3.63, 3.8) is 0 Å². The molecule has 0 aliphatic carbocycles. The van der Waals surface area contributed by atoms with E-state index in [9.17, 15) is 9.90 Å². The van der Waals surface area contributed by atoms with E-state index in [4.69, 9.17) is 14.6 Å². The SMILES string of the molecule is COc1cc(O)cc(OC)c1C=CC(=O)O. The molecule has 1 aromatic carbocycles. The van der Waals surface area contributed by atoms with Crippen LogP contribution in [0.2, 0.25) is 0 Å². The molecule has 0 bridgehead atoms. The summed E-state index contributed by atoms with van der Waals surface area (Å²) in [4.78, 5) is 10.4. The summed E-state index contributed by atoms with van der Waals surface area (Å²) in [6.07, 6.45) is 2.32. The quantitative estimate of drug-likeness (QED) is 0.758. The van der Waals surface area contributed by atoms with Gasteiger partial charge in [0.2, 0.25) is 0 Å². The Labute approximate surface area is 92.5 Å². The van der Waals surface area contributed by atoms with Crippen molar-refractivity contribution >= 4 is 12.0 Å². The first-order chi connectivity index (χ1) is 7.58. The van der Waals surface area contributed by atoms with E-state index in [0.29, 0.717) is 17.1 Å². The van der Waals surface area contributed by atoms with Crippen LogP contribution in [-0.2, 0) is 4.79 Å². The molecule has 1 rings (SSSR count). The van der Waals surface area contributed by atoms with E-state index in [0.717, 1.165) is 6.08 Å². The van der Waals surface area contributed by atoms with Crippen molar-refractivity contribution in [1.82, 2.24) is 0 Å². The number of rotatable bonds is 4. The van der Waals surface area contributed by atoms with Gasteiger partial charge in [0.05, 0.1) is 19.8 Å². The van der Waals surface area contributed by atoms with Gasteiger partial charge in [-0.05, 0) is 6.08 Å². The van der Waals surface area contributed by atoms with Crippen molar-refractivity contribution in [3.8, 4) is 17.2 Å². The van der Waals surface area contributed by atoms with Gasteiger partial charge in [0, 0.05) is 18.2 Å². The highest BCUT2D eigenvalue weighted by Gasteiger charge is 2.09. The molecule has 0 aliphatic rings. The molecular formula is C11H12O5. The first-order valence-corrected chi connectivity index (χ1v) is 4.44. The zero-order valence-electron chi connectivity index (χ0n) is 8.93. The second-order valence-electron chi connectivity index (χ2n) is 2.94. The molecule has 0 aliphatic heterocycles. The van der Waals surface area contributed by atoms with Gasteiger partial charge in [-0.1, -0.05) is 0 Å². The van der Waals surface area contributed by atoms with Crippen molar-refractivity contribution in [1.29, 1.82) is 0 Å². The molecule has 0 unspecified atom stereocenters. The zero-order valence-corrected chi connectivity index (χ0v) is 8.93. The van der Waals surface area contributed by atoms with Crippen molar-refractivity contribution in [2.75, 3.05) is 14.2 Å². The average Bonchev–Trinajstić information content (AvgIpc) is 2.25. The number of aliphatic carboxylic acids is 1. The maximum absolute atomic E-state index is 10.4. The largest absolute Gasteiger partial charge is 0.508 e. The number of aromatic hydroxyl groups is 1. The summed E-state index contributed by atoms with van der Waals surface area (Å²) >= 11 is 0. The van der Waals surface area contributed by atoms with Crippen LogP contribution in [0.3, 0.4) is 0 Å². The number of hydrogen-bond acceptors (Lipinski definition) is 4. The molecule has 16 heavy (non-hydrogen) atoms. The van der Waals surface area contributed by atoms with Gasteiger partial charge in [-0.2, -0.15) is 0 Å². The summed E-state index contributed by atoms with van der Waals surface area (Å²) in [5.41, 5.74) is 0.463. The lowest BCUT2D eigenvalue weighted by molar-refractivity contribution is -0.131. The number of carbonyl (C=O) groups is 1. The predicted molar refractivity (Wildman–Crippen MR) is 57.9 cm³/mol. The number of hydrogen-bond donors (Lipinski definition) is 2. The van der Waals surface area contributed by atoms with E-state index in [1.165, 1.54) is 32.4 Å². The van der Waals surface area contributed by atoms with Crippen molar-refractivity contribution < 1.29 is 24.5 Å². The molecule has 0 heterocycles. The zero-order chi connectivity index (χ0) is 12.1. The molecule has 0 saturated heterocycles. The predicted octanol–water partition coefficient (Wildman–Crippen LogP) is 1.51. The molecular weight excluding hydrogens is 212 g/mol. The molecule has 0 radical (unpaired) electrons. The Balaban J connectivity index is 3.27. The van der Waals surface area contributed by atoms with Gasteiger partial charge < -0.3 is 19.7 Å². The Bertz CT molecular complexity index is 397. The van der Waals surface area contributed by atoms with Crippen LogP contribution in [0.25, 0.3) is 6.08 Å². The fraction of sp³-hybridized carbons (Fsp3) is 0.182. The van der Waals surface area contributed by atoms with Gasteiger partial charge in [0.15, 0.2) is 0 Å². The number of ether oxygens (including phenoxy) is 2. The minimum absolute atomic E-state index is 0.0128. The highest BCUT2D eigenvalue weighted by Crippen LogP contribution is 2.34. The summed E-state index contributed by atoms with van der Waals surface area (Å²) < 4.78 is 10.0. The molecule has 2 N–H and O–H groups in total. The lowest BCUT2D eigenvalue weighted by atomic mass is 10.1. The Morgan fingerprint density at radius 3 is 2.12 bits per heavy atom. The van der Waals surface area contributed by atoms with Crippen LogP contribution in [0.5, 0.6) is 17.2 Å². The van der Waals surface area contributed by atoms with Gasteiger partial charge in [-0.15, -0.1) is 0 Å². The molecule has 0 aromatic heterocycles. The first-order valence-electron chi connectivity index (χ1n) is 4.44. The smallest absolute Gasteiger partial charge is 0.328 e. The van der Waals surface area contributed by atoms with Crippen LogP contribution in [0.1, 0.15) is 5.56 Å². The molecule has 0 spiro atoms. The number of carboxylic acids is 1. The Hall–Kier alpha value is -2.17. The van der Waals surface area contributed by atoms with Crippen LogP contribution >= 0.6 is 0 Å². The van der Waals surface area contributed by atoms with Gasteiger partial charge in [-0.25, -0.2) is 4.79 Å². The normalized spacial score (nSPS) is 10.4. The molecule has 0 fully saturated rings. The topological polar surface area (TPSA) is 76.0 Å². The van der Waals surface area contributed by atoms with E-state index >= 15 is 0 Å². The summed E-state index contributed by atoms with van der Waals surface area (Å²) in [5.74, 6) is -0.401. The molecule has 5 heteroatoms. The molecule has 0 atom stereocenters. The second kappa shape index (κ2) is 5.06. The van der Waals surface area contributed by atoms with Crippen LogP contribution in [0, 0.1) is 0 Å². The summed E-state index contributed by atoms with van der Waals surface area (Å²) in [6, 6.07) is 2.76. The van der Waals surface area contributed by atoms with Crippen molar-refractivity contribution in [3.05, 3.63) is 23.8 Å². The first kappa shape index (κ1) is 11.9. The van der Waals surface area contributed by atoms with Crippen LogP contribution in [0.4, 0.5) is 0 Å². The standard InChI is InChI=1S/C11H12O5/c1-15-9-5-7(12)6-10(16-2)8(9)3-4-11(13)14/h3-6,12H,1-2H3,(H,13,14). The summed E-state index contributed by atoms with van der Waals surface area (Å²) in [7, 11) is 2.85. The number of methoxy groups -OCH3 is 2. The maximum Gasteiger partial charge on any atom is 0.328 e. The monoisotopic (exact) mass is 224 g/mol. The van der Waals surface area contributed by atoms with Gasteiger partial charge >= 0.3 is 5.97 Å². The van der Waals surface area contributed by atoms with E-state index < -0.39 is 5.97 Å². The third kappa shape index (κ3) is 2.66. The Kier molecular flexibility index (Phi) is 3.77. The Morgan fingerprint density at radius 2 is 1.75 bits per heavy atom. The lowest BCUT2D eigenvalue weighted by Gasteiger charge is -2.10. The minimum Gasteiger partial charge on any atom is -0.508 e. The van der Waals surface area contributed by atoms with Gasteiger partial charge in [0.1, 0.15) is 17.2 Å². The van der Waals surface area contributed by atoms with E-state index in [-0.39, 0.29) is 5.75 Å². The van der Waals surface area contributed by atoms with Crippen LogP contribution < -0.4 is 9.47 Å². The number of carboxylic acid groups (broad SMARTS) is 1. The molecule has 0 amide bonds. The summed E-state index contributed by atoms with van der Waals surface area (Å²) in [6.45, 7) is 0. The number of phenolic OH excluding ortho intramolecular Hbond substituents is 1. The Morgan fingerprint density at radius 1 is 1.25 bits per heavy atom. The van der Waals surface area contributed by atoms with E-state index in [1.807, 2.05) is 0 Å². The minimum atomic E-state index is -1.07. The van der Waals surface area contributed by atoms with Crippen molar-refractivity contribution in [2.24, 2.45) is 0 Å². The highest BCUT2D eigenvalue weighted by atomic mass is 16.5. The van der Waals surface area contributed by atoms with E-state index in [1.54, 1.807) is 0 Å². The number of benzene rings is 1. The van der Waals surface area contributed by atoms with Gasteiger partial charge in [-0.3, -0.25) is 0 Å². The summed E-state index contributed by atoms with van der Waals surface area (Å²) in [5, 5.41) is 17.9. The van der Waals surface area contributed by atoms with Crippen LogP contribution in [0.15, 0.2) is 18.2 Å². The fourth-order valence-electron chi connectivity index (χ4n) is 1.24. The lowest BCUT2D eigenvalue weighted by Crippen LogP contribution is -1.93. The third-order valence-corrected chi connectivity index (χ3v) is 1.92. The fourth-order valence-corrected chi connectivity index (χ4v) is 1.24. The maximum atomic E-state index is 10.4. The molecule has 0 saturated carbocycles. The molecule has 5 nitrogen and oxygen atoms in total. The highest BCUT2D eigenvalue weighted by molar-refractivity contribution is 5.87. The number of phenols is 1. The second-order valence-corrected chi connectivity index (χ2v) is 2.94. The van der Waals surface area contributed by atoms with Gasteiger partial charge in [0.25, 0.3) is 0 Å².